The molecular formula is C38H77NO2. The number of unbranched alkanes of at least 4 members (excludes halogenated alkanes) is 24. The monoisotopic (exact) mass is 580 g/mol. The molecule has 0 aliphatic carbocycles. The van der Waals surface area contributed by atoms with Crippen LogP contribution in [0.3, 0.4) is 0 Å². The predicted molar refractivity (Wildman–Crippen MR) is 184 cm³/mol. The third-order valence-corrected chi connectivity index (χ3v) is 8.03. The Bertz CT molecular complexity index is 472. The van der Waals surface area contributed by atoms with Crippen LogP contribution in [0.4, 0.5) is 0 Å². The first-order chi connectivity index (χ1) is 19.9. The number of ketones is 2. The Morgan fingerprint density at radius 2 is 0.488 bits per heavy atom. The molecule has 0 fully saturated rings. The van der Waals surface area contributed by atoms with Gasteiger partial charge in [-0.1, -0.05) is 168 Å². The number of rotatable bonds is 32. The highest BCUT2D eigenvalue weighted by molar-refractivity contribution is 5.81. The van der Waals surface area contributed by atoms with E-state index < -0.39 is 0 Å². The first-order valence-corrected chi connectivity index (χ1v) is 18.6. The van der Waals surface area contributed by atoms with Crippen molar-refractivity contribution in [1.29, 1.82) is 0 Å². The summed E-state index contributed by atoms with van der Waals surface area (Å²) in [6.45, 7) is 4.56. The van der Waals surface area contributed by atoms with E-state index in [0.29, 0.717) is 24.4 Å². The quantitative estimate of drug-likeness (QED) is 0.0744. The summed E-state index contributed by atoms with van der Waals surface area (Å²) in [7, 11) is 6.00. The van der Waals surface area contributed by atoms with E-state index in [2.05, 4.69) is 13.8 Å². The molecular weight excluding hydrogens is 502 g/mol. The second-order valence-electron chi connectivity index (χ2n) is 13.3. The smallest absolute Gasteiger partial charge is 0.132 e. The lowest BCUT2D eigenvalue weighted by molar-refractivity contribution is -0.120. The second-order valence-corrected chi connectivity index (χ2v) is 13.3. The first-order valence-electron chi connectivity index (χ1n) is 18.6. The van der Waals surface area contributed by atoms with Crippen LogP contribution in [0.5, 0.6) is 0 Å². The van der Waals surface area contributed by atoms with Crippen LogP contribution in [-0.2, 0) is 9.59 Å². The molecule has 0 amide bonds. The van der Waals surface area contributed by atoms with Gasteiger partial charge in [0, 0.05) is 25.7 Å². The van der Waals surface area contributed by atoms with Crippen LogP contribution in [0.2, 0.25) is 0 Å². The molecule has 0 radical (unpaired) electrons. The summed E-state index contributed by atoms with van der Waals surface area (Å²) in [5.41, 5.74) is 0. The van der Waals surface area contributed by atoms with Crippen molar-refractivity contribution >= 4 is 11.6 Å². The summed E-state index contributed by atoms with van der Waals surface area (Å²) >= 11 is 0. The lowest BCUT2D eigenvalue weighted by atomic mass is 10.0. The highest BCUT2D eigenvalue weighted by atomic mass is 16.1. The summed E-state index contributed by atoms with van der Waals surface area (Å²) in [5, 5.41) is 0. The van der Waals surface area contributed by atoms with Crippen LogP contribution in [0.1, 0.15) is 213 Å². The average Bonchev–Trinajstić information content (AvgIpc) is 2.93. The fourth-order valence-corrected chi connectivity index (χ4v) is 5.41. The van der Waals surface area contributed by atoms with Crippen LogP contribution in [0, 0.1) is 0 Å². The van der Waals surface area contributed by atoms with Crippen molar-refractivity contribution in [3.8, 4) is 0 Å². The average molecular weight is 580 g/mol. The van der Waals surface area contributed by atoms with Crippen molar-refractivity contribution in [3.63, 3.8) is 0 Å². The molecule has 0 spiro atoms. The SMILES string of the molecule is CCCCCCCCCCCCCCCC(=O)CCCC(=O)CCCCCCCCCCCCCCC.CN(C)C. The molecule has 0 bridgehead atoms. The number of carbonyl (C=O) groups is 2. The van der Waals surface area contributed by atoms with Gasteiger partial charge in [-0.05, 0) is 40.4 Å². The van der Waals surface area contributed by atoms with E-state index in [1.165, 1.54) is 154 Å². The van der Waals surface area contributed by atoms with Gasteiger partial charge < -0.3 is 4.90 Å². The summed E-state index contributed by atoms with van der Waals surface area (Å²) in [5.74, 6) is 0.744. The van der Waals surface area contributed by atoms with Gasteiger partial charge in [0.1, 0.15) is 11.6 Å². The topological polar surface area (TPSA) is 37.4 Å². The van der Waals surface area contributed by atoms with Gasteiger partial charge in [-0.25, -0.2) is 0 Å². The molecule has 0 aromatic heterocycles. The molecule has 0 saturated heterocycles. The molecule has 0 aliphatic rings. The molecule has 41 heavy (non-hydrogen) atoms. The maximum atomic E-state index is 12.1. The number of hydrogen-bond acceptors (Lipinski definition) is 3. The Balaban J connectivity index is 0. The molecule has 0 saturated carbocycles. The molecule has 0 heterocycles. The van der Waals surface area contributed by atoms with Gasteiger partial charge in [-0.3, -0.25) is 9.59 Å². The van der Waals surface area contributed by atoms with Gasteiger partial charge in [0.15, 0.2) is 0 Å². The van der Waals surface area contributed by atoms with Crippen LogP contribution >= 0.6 is 0 Å². The summed E-state index contributed by atoms with van der Waals surface area (Å²) in [4.78, 5) is 26.2. The zero-order chi connectivity index (χ0) is 30.7. The van der Waals surface area contributed by atoms with E-state index in [9.17, 15) is 9.59 Å². The van der Waals surface area contributed by atoms with Gasteiger partial charge in [-0.15, -0.1) is 0 Å². The highest BCUT2D eigenvalue weighted by Crippen LogP contribution is 2.15. The van der Waals surface area contributed by atoms with Crippen LogP contribution in [-0.4, -0.2) is 37.6 Å². The van der Waals surface area contributed by atoms with Gasteiger partial charge in [0.2, 0.25) is 0 Å². The van der Waals surface area contributed by atoms with Gasteiger partial charge >= 0.3 is 0 Å². The predicted octanol–water partition coefficient (Wildman–Crippen LogP) is 12.4. The van der Waals surface area contributed by atoms with Crippen molar-refractivity contribution in [2.45, 2.75) is 213 Å². The van der Waals surface area contributed by atoms with E-state index >= 15 is 0 Å². The van der Waals surface area contributed by atoms with E-state index in [1.54, 1.807) is 0 Å². The maximum Gasteiger partial charge on any atom is 0.132 e. The third kappa shape index (κ3) is 43.9. The van der Waals surface area contributed by atoms with Crippen LogP contribution in [0.25, 0.3) is 0 Å². The standard InChI is InChI=1S/C35H68O2.C3H9N/c1-3-5-7-9-11-13-15-17-19-21-23-25-27-30-34(36)32-29-33-35(37)31-28-26-24-22-20-18-16-14-12-10-8-6-4-2;1-4(2)3/h3-33H2,1-2H3;1-3H3. The molecule has 0 N–H and O–H groups in total. The molecule has 0 aromatic carbocycles. The van der Waals surface area contributed by atoms with Crippen molar-refractivity contribution in [3.05, 3.63) is 0 Å². The lowest BCUT2D eigenvalue weighted by Gasteiger charge is -2.04. The Hall–Kier alpha value is -0.700. The zero-order valence-corrected chi connectivity index (χ0v) is 29.2. The number of carbonyl (C=O) groups excluding carboxylic acids is 2. The third-order valence-electron chi connectivity index (χ3n) is 8.03. The molecule has 0 aliphatic heterocycles. The van der Waals surface area contributed by atoms with Gasteiger partial charge in [0.05, 0.1) is 0 Å². The zero-order valence-electron chi connectivity index (χ0n) is 29.2. The van der Waals surface area contributed by atoms with Crippen LogP contribution < -0.4 is 0 Å². The largest absolute Gasteiger partial charge is 0.312 e. The lowest BCUT2D eigenvalue weighted by Crippen LogP contribution is -2.02. The first kappa shape index (κ1) is 42.4. The number of nitrogens with zero attached hydrogens (tertiary/aromatic N) is 1. The van der Waals surface area contributed by atoms with Crippen molar-refractivity contribution < 1.29 is 9.59 Å². The van der Waals surface area contributed by atoms with Crippen LogP contribution in [0.15, 0.2) is 0 Å². The maximum absolute atomic E-state index is 12.1. The minimum Gasteiger partial charge on any atom is -0.312 e. The molecule has 246 valence electrons. The van der Waals surface area contributed by atoms with Crippen molar-refractivity contribution in [1.82, 2.24) is 4.90 Å². The van der Waals surface area contributed by atoms with Gasteiger partial charge in [-0.2, -0.15) is 0 Å². The Morgan fingerprint density at radius 1 is 0.317 bits per heavy atom. The van der Waals surface area contributed by atoms with E-state index in [1.807, 2.05) is 26.0 Å². The van der Waals surface area contributed by atoms with E-state index in [-0.39, 0.29) is 0 Å². The van der Waals surface area contributed by atoms with E-state index in [0.717, 1.165) is 32.1 Å². The number of hydrogen-bond donors (Lipinski definition) is 0. The Morgan fingerprint density at radius 3 is 0.707 bits per heavy atom. The van der Waals surface area contributed by atoms with Crippen molar-refractivity contribution in [2.24, 2.45) is 0 Å². The molecule has 3 heteroatoms. The van der Waals surface area contributed by atoms with Crippen molar-refractivity contribution in [2.75, 3.05) is 21.1 Å². The molecule has 0 atom stereocenters. The van der Waals surface area contributed by atoms with E-state index in [4.69, 9.17) is 0 Å². The minimum absolute atomic E-state index is 0.372. The summed E-state index contributed by atoms with van der Waals surface area (Å²) in [6.07, 6.45) is 38.3. The summed E-state index contributed by atoms with van der Waals surface area (Å²) in [6, 6.07) is 0. The molecule has 3 nitrogen and oxygen atoms in total. The summed E-state index contributed by atoms with van der Waals surface area (Å²) < 4.78 is 0. The second kappa shape index (κ2) is 37.3. The fourth-order valence-electron chi connectivity index (χ4n) is 5.41. The normalized spacial score (nSPS) is 11.1. The molecule has 0 unspecified atom stereocenters. The Labute approximate surface area is 259 Å². The Kier molecular flexibility index (Phi) is 38.6. The molecule has 0 rings (SSSR count). The minimum atomic E-state index is 0.372. The van der Waals surface area contributed by atoms with Gasteiger partial charge in [0.25, 0.3) is 0 Å². The molecule has 0 aromatic rings. The fraction of sp³-hybridized carbons (Fsp3) is 0.947. The highest BCUT2D eigenvalue weighted by Gasteiger charge is 2.06. The number of Topliss-reactive ketones (excluding diaryl/α,β-unsaturated/α-hetero) is 2.